The summed E-state index contributed by atoms with van der Waals surface area (Å²) in [5.74, 6) is 1.86. The maximum atomic E-state index is 4.60. The number of hydrogen-bond acceptors (Lipinski definition) is 3. The fourth-order valence-electron chi connectivity index (χ4n) is 3.57. The average molecular weight is 248 g/mol. The molecule has 3 rings (SSSR count). The summed E-state index contributed by atoms with van der Waals surface area (Å²) in [7, 11) is 2.29. The van der Waals surface area contributed by atoms with Crippen LogP contribution in [0.1, 0.15) is 50.0 Å². The molecule has 2 bridgehead atoms. The fourth-order valence-corrected chi connectivity index (χ4v) is 3.57. The molecule has 18 heavy (non-hydrogen) atoms. The van der Waals surface area contributed by atoms with Gasteiger partial charge in [0.15, 0.2) is 0 Å². The minimum atomic E-state index is 0.647. The number of rotatable bonds is 4. The number of imidazole rings is 1. The topological polar surface area (TPSA) is 44.0 Å². The monoisotopic (exact) mass is 248 g/mol. The predicted octanol–water partition coefficient (Wildman–Crippen LogP) is 1.86. The van der Waals surface area contributed by atoms with Gasteiger partial charge in [-0.05, 0) is 39.3 Å². The van der Waals surface area contributed by atoms with Crippen molar-refractivity contribution in [2.24, 2.45) is 0 Å². The maximum Gasteiger partial charge on any atom is 0.109 e. The minimum Gasteiger partial charge on any atom is -0.345 e. The van der Waals surface area contributed by atoms with Crippen LogP contribution in [0.4, 0.5) is 0 Å². The Morgan fingerprint density at radius 3 is 2.78 bits per heavy atom. The van der Waals surface area contributed by atoms with Gasteiger partial charge in [0.05, 0.1) is 0 Å². The second-order valence-electron chi connectivity index (χ2n) is 5.79. The van der Waals surface area contributed by atoms with Crippen molar-refractivity contribution in [2.45, 2.75) is 57.2 Å². The molecule has 2 unspecified atom stereocenters. The van der Waals surface area contributed by atoms with Crippen molar-refractivity contribution < 1.29 is 0 Å². The molecule has 0 aliphatic carbocycles. The summed E-state index contributed by atoms with van der Waals surface area (Å²) < 4.78 is 0. The Hall–Kier alpha value is -0.870. The van der Waals surface area contributed by atoms with Crippen molar-refractivity contribution >= 4 is 0 Å². The zero-order valence-electron chi connectivity index (χ0n) is 11.4. The van der Waals surface area contributed by atoms with Crippen molar-refractivity contribution in [3.63, 3.8) is 0 Å². The zero-order valence-corrected chi connectivity index (χ0v) is 11.4. The molecule has 2 fully saturated rings. The predicted molar refractivity (Wildman–Crippen MR) is 72.5 cm³/mol. The highest BCUT2D eigenvalue weighted by Gasteiger charge is 2.39. The molecule has 2 aliphatic rings. The van der Waals surface area contributed by atoms with Crippen molar-refractivity contribution in [1.82, 2.24) is 20.2 Å². The molecule has 4 nitrogen and oxygen atoms in total. The van der Waals surface area contributed by atoms with E-state index >= 15 is 0 Å². The summed E-state index contributed by atoms with van der Waals surface area (Å²) >= 11 is 0. The molecule has 1 aromatic rings. The van der Waals surface area contributed by atoms with Gasteiger partial charge in [0.2, 0.25) is 0 Å². The molecule has 2 aliphatic heterocycles. The van der Waals surface area contributed by atoms with Crippen molar-refractivity contribution in [3.05, 3.63) is 17.7 Å². The van der Waals surface area contributed by atoms with E-state index in [9.17, 15) is 0 Å². The van der Waals surface area contributed by atoms with Crippen LogP contribution in [0.25, 0.3) is 0 Å². The van der Waals surface area contributed by atoms with Crippen LogP contribution in [0.15, 0.2) is 6.20 Å². The fraction of sp³-hybridized carbons (Fsp3) is 0.786. The molecule has 0 amide bonds. The smallest absolute Gasteiger partial charge is 0.109 e. The average Bonchev–Trinajstić information content (AvgIpc) is 2.90. The van der Waals surface area contributed by atoms with Crippen molar-refractivity contribution in [2.75, 3.05) is 13.6 Å². The Balaban J connectivity index is 1.66. The van der Waals surface area contributed by atoms with E-state index in [2.05, 4.69) is 34.2 Å². The van der Waals surface area contributed by atoms with Gasteiger partial charge in [0.1, 0.15) is 5.82 Å². The highest BCUT2D eigenvalue weighted by molar-refractivity contribution is 5.10. The summed E-state index contributed by atoms with van der Waals surface area (Å²) in [5.41, 5.74) is 1.22. The number of hydrogen-bond donors (Lipinski definition) is 2. The number of aromatic amines is 1. The van der Waals surface area contributed by atoms with Gasteiger partial charge in [0.25, 0.3) is 0 Å². The molecule has 2 atom stereocenters. The Bertz CT molecular complexity index is 386. The number of nitrogens with one attached hydrogen (secondary N) is 2. The lowest BCUT2D eigenvalue weighted by Gasteiger charge is -2.35. The van der Waals surface area contributed by atoms with Crippen LogP contribution in [-0.2, 0) is 6.54 Å². The molecule has 0 radical (unpaired) electrons. The van der Waals surface area contributed by atoms with Crippen LogP contribution >= 0.6 is 0 Å². The first kappa shape index (κ1) is 12.2. The van der Waals surface area contributed by atoms with Crippen LogP contribution in [0.2, 0.25) is 0 Å². The van der Waals surface area contributed by atoms with E-state index in [1.54, 1.807) is 0 Å². The molecule has 2 saturated heterocycles. The summed E-state index contributed by atoms with van der Waals surface area (Å²) in [6.45, 7) is 4.04. The van der Waals surface area contributed by atoms with E-state index < -0.39 is 0 Å². The van der Waals surface area contributed by atoms with E-state index in [0.29, 0.717) is 5.92 Å². The van der Waals surface area contributed by atoms with Crippen LogP contribution < -0.4 is 5.32 Å². The summed E-state index contributed by atoms with van der Waals surface area (Å²) in [6, 6.07) is 1.58. The zero-order chi connectivity index (χ0) is 12.5. The number of fused-ring (bicyclic) bond motifs is 2. The summed E-state index contributed by atoms with van der Waals surface area (Å²) in [6.07, 6.45) is 7.31. The van der Waals surface area contributed by atoms with Gasteiger partial charge in [-0.2, -0.15) is 0 Å². The number of aromatic nitrogens is 2. The van der Waals surface area contributed by atoms with Gasteiger partial charge in [-0.25, -0.2) is 4.98 Å². The normalized spacial score (nSPS) is 32.0. The number of nitrogens with zero attached hydrogens (tertiary/aromatic N) is 2. The van der Waals surface area contributed by atoms with Gasteiger partial charge in [-0.15, -0.1) is 0 Å². The van der Waals surface area contributed by atoms with E-state index in [1.807, 2.05) is 6.20 Å². The van der Waals surface area contributed by atoms with Crippen molar-refractivity contribution in [1.29, 1.82) is 0 Å². The van der Waals surface area contributed by atoms with E-state index in [-0.39, 0.29) is 0 Å². The number of piperidine rings is 1. The van der Waals surface area contributed by atoms with Crippen LogP contribution in [0.3, 0.4) is 0 Å². The van der Waals surface area contributed by atoms with Gasteiger partial charge in [-0.1, -0.05) is 6.92 Å². The maximum absolute atomic E-state index is 4.60. The highest BCUT2D eigenvalue weighted by Crippen LogP contribution is 2.41. The molecule has 0 aromatic carbocycles. The SMILES string of the molecule is CCNCc1cnc(C2CC3CCC(C2)N3C)[nH]1. The van der Waals surface area contributed by atoms with Gasteiger partial charge < -0.3 is 15.2 Å². The molecular weight excluding hydrogens is 224 g/mol. The standard InChI is InChI=1S/C14H24N4/c1-3-15-8-11-9-16-14(17-11)10-6-12-4-5-13(7-10)18(12)2/h9-10,12-13,15H,3-8H2,1-2H3,(H,16,17). The third-order valence-corrected chi connectivity index (χ3v) is 4.70. The van der Waals surface area contributed by atoms with E-state index in [0.717, 1.165) is 25.2 Å². The number of H-pyrrole nitrogens is 1. The van der Waals surface area contributed by atoms with Crippen LogP contribution in [-0.4, -0.2) is 40.5 Å². The van der Waals surface area contributed by atoms with Gasteiger partial charge in [-0.3, -0.25) is 0 Å². The lowest BCUT2D eigenvalue weighted by atomic mass is 9.90. The first-order valence-corrected chi connectivity index (χ1v) is 7.24. The van der Waals surface area contributed by atoms with Gasteiger partial charge >= 0.3 is 0 Å². The highest BCUT2D eigenvalue weighted by atomic mass is 15.2. The second kappa shape index (κ2) is 5.02. The molecular formula is C14H24N4. The van der Waals surface area contributed by atoms with E-state index in [4.69, 9.17) is 0 Å². The lowest BCUT2D eigenvalue weighted by Crippen LogP contribution is -2.39. The first-order chi connectivity index (χ1) is 8.78. The summed E-state index contributed by atoms with van der Waals surface area (Å²) in [5, 5.41) is 3.34. The Labute approximate surface area is 109 Å². The van der Waals surface area contributed by atoms with Crippen LogP contribution in [0, 0.1) is 0 Å². The molecule has 0 saturated carbocycles. The Morgan fingerprint density at radius 2 is 2.11 bits per heavy atom. The molecule has 4 heteroatoms. The molecule has 2 N–H and O–H groups in total. The van der Waals surface area contributed by atoms with Gasteiger partial charge in [0, 0.05) is 36.4 Å². The first-order valence-electron chi connectivity index (χ1n) is 7.24. The molecule has 1 aromatic heterocycles. The second-order valence-corrected chi connectivity index (χ2v) is 5.79. The quantitative estimate of drug-likeness (QED) is 0.855. The third kappa shape index (κ3) is 2.19. The largest absolute Gasteiger partial charge is 0.345 e. The minimum absolute atomic E-state index is 0.647. The lowest BCUT2D eigenvalue weighted by molar-refractivity contribution is 0.159. The Morgan fingerprint density at radius 1 is 1.39 bits per heavy atom. The van der Waals surface area contributed by atoms with Crippen molar-refractivity contribution in [3.8, 4) is 0 Å². The van der Waals surface area contributed by atoms with Crippen LogP contribution in [0.5, 0.6) is 0 Å². The molecule has 100 valence electrons. The Kier molecular flexibility index (Phi) is 3.39. The third-order valence-electron chi connectivity index (χ3n) is 4.70. The molecule has 3 heterocycles. The summed E-state index contributed by atoms with van der Waals surface area (Å²) in [4.78, 5) is 10.7. The van der Waals surface area contributed by atoms with E-state index in [1.165, 1.54) is 37.2 Å². The molecule has 0 spiro atoms.